The molecule has 5 nitrogen and oxygen atoms in total. The van der Waals surface area contributed by atoms with Gasteiger partial charge in [-0.25, -0.2) is 4.79 Å². The molecule has 4 aromatic rings. The van der Waals surface area contributed by atoms with E-state index in [1.165, 1.54) is 24.3 Å². The Hall–Kier alpha value is -3.81. The molecule has 3 aromatic carbocycles. The van der Waals surface area contributed by atoms with Gasteiger partial charge in [0.05, 0.1) is 17.6 Å². The number of esters is 1. The molecule has 0 amide bonds. The Kier molecular flexibility index (Phi) is 6.32. The highest BCUT2D eigenvalue weighted by molar-refractivity contribution is 5.98. The normalized spacial score (nSPS) is 12.6. The summed E-state index contributed by atoms with van der Waals surface area (Å²) in [7, 11) is 0. The second-order valence-corrected chi connectivity index (χ2v) is 7.58. The maximum Gasteiger partial charge on any atom is 0.450 e. The highest BCUT2D eigenvalue weighted by Gasteiger charge is 2.39. The van der Waals surface area contributed by atoms with E-state index in [1.807, 2.05) is 0 Å². The lowest BCUT2D eigenvalue weighted by Gasteiger charge is -2.17. The van der Waals surface area contributed by atoms with E-state index in [9.17, 15) is 22.8 Å². The quantitative estimate of drug-likeness (QED) is 0.307. The number of ether oxygens (including phenoxy) is 2. The van der Waals surface area contributed by atoms with E-state index in [4.69, 9.17) is 13.9 Å². The SMILES string of the molecule is CCOC(=O)C(CC)Oc1ccc2c(=O)c(-c3cccc4ccccc34)c(C(F)(F)F)oc2c1. The van der Waals surface area contributed by atoms with Crippen molar-refractivity contribution in [3.63, 3.8) is 0 Å². The Balaban J connectivity index is 1.90. The zero-order chi connectivity index (χ0) is 24.5. The van der Waals surface area contributed by atoms with Gasteiger partial charge in [-0.1, -0.05) is 49.4 Å². The molecule has 176 valence electrons. The number of hydrogen-bond donors (Lipinski definition) is 0. The van der Waals surface area contributed by atoms with Crippen LogP contribution in [0.5, 0.6) is 5.75 Å². The number of benzene rings is 3. The molecule has 34 heavy (non-hydrogen) atoms. The third-order valence-corrected chi connectivity index (χ3v) is 5.38. The number of carbonyl (C=O) groups excluding carboxylic acids is 1. The molecule has 0 saturated heterocycles. The fraction of sp³-hybridized carbons (Fsp3) is 0.231. The Morgan fingerprint density at radius 3 is 2.44 bits per heavy atom. The van der Waals surface area contributed by atoms with Crippen molar-refractivity contribution in [3.8, 4) is 16.9 Å². The number of fused-ring (bicyclic) bond motifs is 2. The molecule has 0 bridgehead atoms. The fourth-order valence-corrected chi connectivity index (χ4v) is 3.83. The first kappa shape index (κ1) is 23.4. The summed E-state index contributed by atoms with van der Waals surface area (Å²) in [5.41, 5.74) is -1.52. The number of hydrogen-bond acceptors (Lipinski definition) is 5. The van der Waals surface area contributed by atoms with Crippen molar-refractivity contribution in [1.29, 1.82) is 0 Å². The average molecular weight is 470 g/mol. The summed E-state index contributed by atoms with van der Waals surface area (Å²) in [4.78, 5) is 25.4. The van der Waals surface area contributed by atoms with Gasteiger partial charge in [-0.2, -0.15) is 13.2 Å². The Bertz CT molecular complexity index is 1420. The van der Waals surface area contributed by atoms with Crippen LogP contribution in [0.4, 0.5) is 13.2 Å². The van der Waals surface area contributed by atoms with Crippen LogP contribution >= 0.6 is 0 Å². The van der Waals surface area contributed by atoms with Gasteiger partial charge in [-0.05, 0) is 41.8 Å². The summed E-state index contributed by atoms with van der Waals surface area (Å²) >= 11 is 0. The minimum atomic E-state index is -4.92. The zero-order valence-corrected chi connectivity index (χ0v) is 18.4. The van der Waals surface area contributed by atoms with Crippen LogP contribution in [-0.4, -0.2) is 18.7 Å². The Labute approximate surface area is 192 Å². The predicted octanol–water partition coefficient (Wildman–Crippen LogP) is 6.35. The predicted molar refractivity (Wildman–Crippen MR) is 122 cm³/mol. The van der Waals surface area contributed by atoms with Crippen LogP contribution in [0.1, 0.15) is 26.0 Å². The lowest BCUT2D eigenvalue weighted by Crippen LogP contribution is -2.28. The highest BCUT2D eigenvalue weighted by Crippen LogP contribution is 2.39. The van der Waals surface area contributed by atoms with Crippen molar-refractivity contribution in [2.24, 2.45) is 0 Å². The van der Waals surface area contributed by atoms with Crippen LogP contribution in [0.3, 0.4) is 0 Å². The third-order valence-electron chi connectivity index (χ3n) is 5.38. The van der Waals surface area contributed by atoms with Gasteiger partial charge in [0.1, 0.15) is 11.3 Å². The minimum Gasteiger partial charge on any atom is -0.479 e. The number of alkyl halides is 3. The lowest BCUT2D eigenvalue weighted by molar-refractivity contribution is -0.152. The zero-order valence-electron chi connectivity index (χ0n) is 18.4. The van der Waals surface area contributed by atoms with Crippen LogP contribution in [0, 0.1) is 0 Å². The molecule has 1 aromatic heterocycles. The van der Waals surface area contributed by atoms with Crippen molar-refractivity contribution in [2.45, 2.75) is 32.5 Å². The number of rotatable bonds is 6. The van der Waals surface area contributed by atoms with Gasteiger partial charge < -0.3 is 13.9 Å². The van der Waals surface area contributed by atoms with Gasteiger partial charge in [0, 0.05) is 6.07 Å². The topological polar surface area (TPSA) is 65.7 Å². The summed E-state index contributed by atoms with van der Waals surface area (Å²) < 4.78 is 58.1. The van der Waals surface area contributed by atoms with Crippen LogP contribution in [0.15, 0.2) is 69.9 Å². The molecule has 0 saturated carbocycles. The average Bonchev–Trinajstić information content (AvgIpc) is 2.81. The molecule has 0 aliphatic rings. The van der Waals surface area contributed by atoms with E-state index in [0.29, 0.717) is 10.8 Å². The summed E-state index contributed by atoms with van der Waals surface area (Å²) in [5.74, 6) is -1.90. The molecule has 0 aliphatic heterocycles. The van der Waals surface area contributed by atoms with Crippen molar-refractivity contribution in [3.05, 3.63) is 76.6 Å². The first-order valence-corrected chi connectivity index (χ1v) is 10.7. The van der Waals surface area contributed by atoms with Gasteiger partial charge in [0.15, 0.2) is 6.10 Å². The molecule has 0 radical (unpaired) electrons. The van der Waals surface area contributed by atoms with Crippen LogP contribution in [-0.2, 0) is 15.7 Å². The van der Waals surface area contributed by atoms with Crippen molar-refractivity contribution in [2.75, 3.05) is 6.61 Å². The molecule has 8 heteroatoms. The molecule has 1 atom stereocenters. The third kappa shape index (κ3) is 4.35. The summed E-state index contributed by atoms with van der Waals surface area (Å²) in [5, 5.41) is 1.16. The summed E-state index contributed by atoms with van der Waals surface area (Å²) in [6, 6.07) is 15.6. The van der Waals surface area contributed by atoms with Crippen molar-refractivity contribution < 1.29 is 31.9 Å². The highest BCUT2D eigenvalue weighted by atomic mass is 19.4. The molecule has 0 N–H and O–H groups in total. The summed E-state index contributed by atoms with van der Waals surface area (Å²) in [6.45, 7) is 3.53. The molecule has 0 spiro atoms. The van der Waals surface area contributed by atoms with E-state index in [2.05, 4.69) is 0 Å². The molecule has 0 aliphatic carbocycles. The minimum absolute atomic E-state index is 0.0348. The number of carbonyl (C=O) groups is 1. The first-order valence-electron chi connectivity index (χ1n) is 10.7. The molecule has 1 heterocycles. The van der Waals surface area contributed by atoms with E-state index >= 15 is 0 Å². The Morgan fingerprint density at radius 1 is 1.00 bits per heavy atom. The van der Waals surface area contributed by atoms with Crippen LogP contribution < -0.4 is 10.2 Å². The van der Waals surface area contributed by atoms with Gasteiger partial charge in [0.25, 0.3) is 0 Å². The smallest absolute Gasteiger partial charge is 0.450 e. The van der Waals surface area contributed by atoms with Crippen LogP contribution in [0.25, 0.3) is 32.9 Å². The molecule has 4 rings (SSSR count). The standard InChI is InChI=1S/C26H21F3O5/c1-3-20(25(31)32-4-2)33-16-12-13-19-21(14-16)34-24(26(27,28)29)22(23(19)30)18-11-7-9-15-8-5-6-10-17(15)18/h5-14,20H,3-4H2,1-2H3. The first-order chi connectivity index (χ1) is 16.2. The molecular formula is C26H21F3O5. The van der Waals surface area contributed by atoms with Gasteiger partial charge in [-0.15, -0.1) is 0 Å². The largest absolute Gasteiger partial charge is 0.479 e. The Morgan fingerprint density at radius 2 is 1.74 bits per heavy atom. The van der Waals surface area contributed by atoms with Gasteiger partial charge >= 0.3 is 12.1 Å². The number of halogens is 3. The van der Waals surface area contributed by atoms with Crippen LogP contribution in [0.2, 0.25) is 0 Å². The summed E-state index contributed by atoms with van der Waals surface area (Å²) in [6.07, 6.45) is -5.58. The molecule has 1 unspecified atom stereocenters. The van der Waals surface area contributed by atoms with E-state index in [1.54, 1.807) is 50.2 Å². The van der Waals surface area contributed by atoms with Crippen molar-refractivity contribution >= 4 is 27.7 Å². The maximum absolute atomic E-state index is 14.1. The monoisotopic (exact) mass is 470 g/mol. The fourth-order valence-electron chi connectivity index (χ4n) is 3.83. The maximum atomic E-state index is 14.1. The van der Waals surface area contributed by atoms with Gasteiger partial charge in [-0.3, -0.25) is 4.79 Å². The lowest BCUT2D eigenvalue weighted by atomic mass is 9.96. The second kappa shape index (κ2) is 9.21. The van der Waals surface area contributed by atoms with E-state index in [-0.39, 0.29) is 35.3 Å². The van der Waals surface area contributed by atoms with Crippen molar-refractivity contribution in [1.82, 2.24) is 0 Å². The van der Waals surface area contributed by atoms with E-state index in [0.717, 1.165) is 0 Å². The molecular weight excluding hydrogens is 449 g/mol. The second-order valence-electron chi connectivity index (χ2n) is 7.58. The van der Waals surface area contributed by atoms with E-state index < -0.39 is 35.0 Å². The molecule has 0 fully saturated rings. The van der Waals surface area contributed by atoms with Gasteiger partial charge in [0.2, 0.25) is 11.2 Å².